The summed E-state index contributed by atoms with van der Waals surface area (Å²) in [7, 11) is 0. The SMILES string of the molecule is C=CCOC(=O)O[C@H](C)[C@H]1C(=O)N(C(C(=O)OCC=C)=P(c2ccccc2)(c2ccccc2)c2ccccc2)[C@@H]1SC(=O)COc1ccc(CCl)cc1. The lowest BCUT2D eigenvalue weighted by Crippen LogP contribution is -2.67. The number of ether oxygens (including phenoxy) is 4. The first kappa shape index (κ1) is 39.2. The lowest BCUT2D eigenvalue weighted by Gasteiger charge is -2.50. The first-order valence-electron chi connectivity index (χ1n) is 16.7. The molecule has 12 heteroatoms. The number of benzene rings is 4. The molecule has 53 heavy (non-hydrogen) atoms. The minimum atomic E-state index is -3.27. The minimum Gasteiger partial charge on any atom is -0.485 e. The molecule has 0 bridgehead atoms. The van der Waals surface area contributed by atoms with Gasteiger partial charge in [-0.2, -0.15) is 0 Å². The van der Waals surface area contributed by atoms with Gasteiger partial charge >= 0.3 is 12.1 Å². The number of carbonyl (C=O) groups excluding carboxylic acids is 4. The number of nitrogens with zero attached hydrogens (tertiary/aromatic N) is 1. The minimum absolute atomic E-state index is 0.0634. The molecule has 1 amide bonds. The van der Waals surface area contributed by atoms with Crippen molar-refractivity contribution in [2.45, 2.75) is 24.3 Å². The van der Waals surface area contributed by atoms with Crippen LogP contribution >= 0.6 is 30.2 Å². The molecule has 9 nitrogen and oxygen atoms in total. The second-order valence-electron chi connectivity index (χ2n) is 11.7. The Morgan fingerprint density at radius 2 is 1.32 bits per heavy atom. The molecule has 0 saturated carbocycles. The van der Waals surface area contributed by atoms with Gasteiger partial charge in [0.1, 0.15) is 41.8 Å². The van der Waals surface area contributed by atoms with Gasteiger partial charge in [0.25, 0.3) is 0 Å². The third-order valence-corrected chi connectivity index (χ3v) is 14.1. The first-order chi connectivity index (χ1) is 25.8. The van der Waals surface area contributed by atoms with Crippen LogP contribution < -0.4 is 20.7 Å². The molecule has 1 aliphatic rings. The lowest BCUT2D eigenvalue weighted by molar-refractivity contribution is -0.152. The Labute approximate surface area is 318 Å². The van der Waals surface area contributed by atoms with Crippen molar-refractivity contribution in [3.8, 4) is 5.75 Å². The van der Waals surface area contributed by atoms with E-state index in [1.54, 1.807) is 31.2 Å². The lowest BCUT2D eigenvalue weighted by atomic mass is 9.92. The number of hydrogen-bond donors (Lipinski definition) is 0. The highest BCUT2D eigenvalue weighted by Crippen LogP contribution is 2.51. The summed E-state index contributed by atoms with van der Waals surface area (Å²) in [4.78, 5) is 57.0. The molecule has 0 aliphatic carbocycles. The molecule has 0 aromatic heterocycles. The summed E-state index contributed by atoms with van der Waals surface area (Å²) in [5.41, 5.74) is 0.953. The maximum atomic E-state index is 14.7. The van der Waals surface area contributed by atoms with Gasteiger partial charge < -0.3 is 18.9 Å². The highest BCUT2D eigenvalue weighted by Gasteiger charge is 2.57. The van der Waals surface area contributed by atoms with Crippen LogP contribution in [0.2, 0.25) is 0 Å². The van der Waals surface area contributed by atoms with Crippen LogP contribution in [0.5, 0.6) is 5.75 Å². The molecule has 3 atom stereocenters. The van der Waals surface area contributed by atoms with E-state index in [1.165, 1.54) is 17.1 Å². The molecule has 0 radical (unpaired) electrons. The summed E-state index contributed by atoms with van der Waals surface area (Å²) in [5.74, 6) is -1.55. The van der Waals surface area contributed by atoms with Crippen LogP contribution in [0, 0.1) is 5.92 Å². The fourth-order valence-corrected chi connectivity index (χ4v) is 11.8. The van der Waals surface area contributed by atoms with Crippen molar-refractivity contribution in [2.75, 3.05) is 19.8 Å². The number of esters is 1. The second kappa shape index (κ2) is 18.6. The Morgan fingerprint density at radius 1 is 0.811 bits per heavy atom. The Bertz CT molecular complexity index is 1870. The molecule has 0 spiro atoms. The number of halogens is 1. The number of carbonyl (C=O) groups is 4. The number of alkyl halides is 1. The van der Waals surface area contributed by atoms with E-state index in [-0.39, 0.29) is 25.2 Å². The number of rotatable bonds is 16. The molecule has 1 fully saturated rings. The number of hydrogen-bond acceptors (Lipinski definition) is 9. The molecule has 4 aromatic rings. The van der Waals surface area contributed by atoms with Crippen LogP contribution in [0.1, 0.15) is 12.5 Å². The van der Waals surface area contributed by atoms with Crippen LogP contribution in [0.25, 0.3) is 0 Å². The monoisotopic (exact) mass is 771 g/mol. The third-order valence-electron chi connectivity index (χ3n) is 8.37. The fourth-order valence-electron chi connectivity index (χ4n) is 6.01. The van der Waals surface area contributed by atoms with Gasteiger partial charge in [0.2, 0.25) is 11.0 Å². The van der Waals surface area contributed by atoms with Gasteiger partial charge in [-0.1, -0.05) is 140 Å². The smallest absolute Gasteiger partial charge is 0.485 e. The molecule has 1 heterocycles. The summed E-state index contributed by atoms with van der Waals surface area (Å²) in [6, 6.07) is 35.4. The number of likely N-dealkylation sites (tertiary alicyclic amines) is 1. The molecule has 1 saturated heterocycles. The van der Waals surface area contributed by atoms with Crippen molar-refractivity contribution in [1.82, 2.24) is 4.90 Å². The zero-order chi connectivity index (χ0) is 37.8. The maximum absolute atomic E-state index is 14.7. The van der Waals surface area contributed by atoms with E-state index >= 15 is 0 Å². The second-order valence-corrected chi connectivity index (χ2v) is 16.5. The van der Waals surface area contributed by atoms with Gasteiger partial charge in [0.15, 0.2) is 6.61 Å². The van der Waals surface area contributed by atoms with E-state index in [9.17, 15) is 19.2 Å². The van der Waals surface area contributed by atoms with Crippen LogP contribution in [-0.4, -0.2) is 64.8 Å². The highest BCUT2D eigenvalue weighted by atomic mass is 35.5. The first-order valence-corrected chi connectivity index (χ1v) is 19.9. The van der Waals surface area contributed by atoms with Gasteiger partial charge in [-0.05, 0) is 40.5 Å². The maximum Gasteiger partial charge on any atom is 0.508 e. The highest BCUT2D eigenvalue weighted by molar-refractivity contribution is 8.14. The van der Waals surface area contributed by atoms with Crippen LogP contribution in [-0.2, 0) is 34.5 Å². The Morgan fingerprint density at radius 3 is 1.81 bits per heavy atom. The molecule has 274 valence electrons. The zero-order valence-corrected chi connectivity index (χ0v) is 31.5. The average molecular weight is 772 g/mol. The van der Waals surface area contributed by atoms with Crippen molar-refractivity contribution >= 4 is 74.7 Å². The van der Waals surface area contributed by atoms with Gasteiger partial charge in [0.05, 0.1) is 0 Å². The molecule has 0 N–H and O–H groups in total. The summed E-state index contributed by atoms with van der Waals surface area (Å²) in [6.45, 7) is 4.97. The zero-order valence-electron chi connectivity index (χ0n) is 29.0. The molecule has 0 unspecified atom stereocenters. The quantitative estimate of drug-likeness (QED) is 0.0419. The van der Waals surface area contributed by atoms with Gasteiger partial charge in [-0.25, -0.2) is 9.59 Å². The van der Waals surface area contributed by atoms with E-state index in [0.29, 0.717) is 11.6 Å². The average Bonchev–Trinajstić information content (AvgIpc) is 3.19. The van der Waals surface area contributed by atoms with Crippen molar-refractivity contribution in [1.29, 1.82) is 0 Å². The number of thioether (sulfide) groups is 1. The van der Waals surface area contributed by atoms with Crippen LogP contribution in [0.4, 0.5) is 4.79 Å². The van der Waals surface area contributed by atoms with Crippen molar-refractivity contribution in [3.63, 3.8) is 0 Å². The Hall–Kier alpha value is -5.02. The Kier molecular flexibility index (Phi) is 13.8. The fraction of sp³-hybridized carbons (Fsp3) is 0.195. The van der Waals surface area contributed by atoms with Gasteiger partial charge in [-0.3, -0.25) is 14.5 Å². The predicted octanol–water partition coefficient (Wildman–Crippen LogP) is 6.43. The normalized spacial score (nSPS) is 15.7. The largest absolute Gasteiger partial charge is 0.508 e. The third kappa shape index (κ3) is 8.79. The van der Waals surface area contributed by atoms with E-state index in [0.717, 1.165) is 33.2 Å². The number of amides is 1. The van der Waals surface area contributed by atoms with E-state index in [1.807, 2.05) is 91.0 Å². The topological polar surface area (TPSA) is 108 Å². The van der Waals surface area contributed by atoms with Crippen LogP contribution in [0.15, 0.2) is 141 Å². The van der Waals surface area contributed by atoms with Crippen molar-refractivity contribution in [3.05, 3.63) is 146 Å². The van der Waals surface area contributed by atoms with Gasteiger partial charge in [0, 0.05) is 12.8 Å². The summed E-state index contributed by atoms with van der Waals surface area (Å²) in [6.07, 6.45) is 0.783. The van der Waals surface area contributed by atoms with Crippen molar-refractivity contribution in [2.24, 2.45) is 5.92 Å². The van der Waals surface area contributed by atoms with E-state index < -0.39 is 47.4 Å². The van der Waals surface area contributed by atoms with Crippen LogP contribution in [0.3, 0.4) is 0 Å². The molecular formula is C41H39ClNO8PS. The summed E-state index contributed by atoms with van der Waals surface area (Å²) in [5, 5.41) is 0.879. The molecular weight excluding hydrogens is 733 g/mol. The molecule has 1 aliphatic heterocycles. The van der Waals surface area contributed by atoms with Crippen molar-refractivity contribution < 1.29 is 38.1 Å². The standard InChI is InChI=1S/C41H39ClNO8PS/c1-4-25-48-40(46)38(52(32-15-9-6-10-16-32,33-17-11-7-12-18-33)34-19-13-8-14-20-34)43-37(45)36(29(3)51-41(47)49-26-5-2)39(43)53-35(44)28-50-31-23-21-30(27-42)22-24-31/h4-24,29,36,39H,1-2,25-28H2,3H3/t29-,36+,39-/m1/s1. The van der Waals surface area contributed by atoms with Gasteiger partial charge in [-0.15, -0.1) is 11.6 Å². The molecule has 4 aromatic carbocycles. The molecule has 5 rings (SSSR count). The summed E-state index contributed by atoms with van der Waals surface area (Å²) < 4.78 is 22.2. The van der Waals surface area contributed by atoms with E-state index in [4.69, 9.17) is 30.5 Å². The van der Waals surface area contributed by atoms with E-state index in [2.05, 4.69) is 13.2 Å². The predicted molar refractivity (Wildman–Crippen MR) is 212 cm³/mol. The summed E-state index contributed by atoms with van der Waals surface area (Å²) >= 11 is 6.74. The Balaban J connectivity index is 1.71. The number of β-lactam (4-membered cyclic amide) rings is 1.